The quantitative estimate of drug-likeness (QED) is 0.164. The van der Waals surface area contributed by atoms with Crippen LogP contribution in [0.3, 0.4) is 0 Å². The summed E-state index contributed by atoms with van der Waals surface area (Å²) in [6.45, 7) is 0. The van der Waals surface area contributed by atoms with Crippen LogP contribution in [0.4, 0.5) is 17.1 Å². The van der Waals surface area contributed by atoms with Crippen LogP contribution in [-0.4, -0.2) is 0 Å². The molecule has 0 amide bonds. The summed E-state index contributed by atoms with van der Waals surface area (Å²) in [5, 5.41) is 4.50. The van der Waals surface area contributed by atoms with Gasteiger partial charge < -0.3 is 13.7 Å². The van der Waals surface area contributed by atoms with Gasteiger partial charge >= 0.3 is 0 Å². The van der Waals surface area contributed by atoms with Gasteiger partial charge in [-0.05, 0) is 88.0 Å². The first-order valence-electron chi connectivity index (χ1n) is 19.3. The van der Waals surface area contributed by atoms with Crippen LogP contribution in [-0.2, 0) is 0 Å². The first-order valence-corrected chi connectivity index (χ1v) is 19.3. The predicted octanol–water partition coefficient (Wildman–Crippen LogP) is 15.6. The van der Waals surface area contributed by atoms with Crippen molar-refractivity contribution in [3.8, 4) is 44.5 Å². The summed E-state index contributed by atoms with van der Waals surface area (Å²) in [4.78, 5) is 2.32. The molecule has 0 radical (unpaired) electrons. The zero-order valence-corrected chi connectivity index (χ0v) is 31.0. The Labute approximate surface area is 330 Å². The molecule has 0 saturated heterocycles. The fourth-order valence-corrected chi connectivity index (χ4v) is 8.27. The van der Waals surface area contributed by atoms with E-state index < -0.39 is 0 Å². The molecule has 0 saturated carbocycles. The lowest BCUT2D eigenvalue weighted by molar-refractivity contribution is 0.669. The number of nitrogens with zero attached hydrogens (tertiary/aromatic N) is 1. The summed E-state index contributed by atoms with van der Waals surface area (Å²) >= 11 is 0. The second kappa shape index (κ2) is 13.6. The third-order valence-electron chi connectivity index (χ3n) is 11.1. The highest BCUT2D eigenvalue weighted by Crippen LogP contribution is 2.41. The number of fused-ring (bicyclic) bond motifs is 6. The maximum absolute atomic E-state index is 6.47. The van der Waals surface area contributed by atoms with Gasteiger partial charge in [-0.15, -0.1) is 0 Å². The molecule has 2 heterocycles. The lowest BCUT2D eigenvalue weighted by atomic mass is 9.99. The number of furan rings is 2. The van der Waals surface area contributed by atoms with E-state index in [-0.39, 0.29) is 0 Å². The molecule has 11 aromatic rings. The van der Waals surface area contributed by atoms with Gasteiger partial charge in [0.15, 0.2) is 0 Å². The minimum absolute atomic E-state index is 0.888. The van der Waals surface area contributed by atoms with E-state index in [0.29, 0.717) is 0 Å². The van der Waals surface area contributed by atoms with Crippen molar-refractivity contribution in [1.82, 2.24) is 0 Å². The topological polar surface area (TPSA) is 29.5 Å². The van der Waals surface area contributed by atoms with E-state index in [1.165, 1.54) is 11.1 Å². The molecule has 0 fully saturated rings. The van der Waals surface area contributed by atoms with E-state index >= 15 is 0 Å². The minimum Gasteiger partial charge on any atom is -0.455 e. The van der Waals surface area contributed by atoms with Crippen LogP contribution in [0.5, 0.6) is 0 Å². The van der Waals surface area contributed by atoms with Crippen molar-refractivity contribution in [2.45, 2.75) is 0 Å². The van der Waals surface area contributed by atoms with Crippen LogP contribution in [0.25, 0.3) is 88.4 Å². The van der Waals surface area contributed by atoms with Gasteiger partial charge in [-0.2, -0.15) is 0 Å². The Hall–Kier alpha value is -7.62. The third-order valence-corrected chi connectivity index (χ3v) is 11.1. The summed E-state index contributed by atoms with van der Waals surface area (Å²) in [5.74, 6) is 0. The SMILES string of the molecule is c1ccc(-c2ccc(N(c3ccc(-c4ccc5oc6c(-c7ccccc7)cccc6c5c4)cc3)c3ccc(-c4cccc5c4oc4ccccc45)cc3)cc2)cc1. The van der Waals surface area contributed by atoms with Gasteiger partial charge in [0, 0.05) is 49.7 Å². The Bertz CT molecular complexity index is 3200. The minimum atomic E-state index is 0.888. The van der Waals surface area contributed by atoms with Crippen LogP contribution in [0.2, 0.25) is 0 Å². The molecule has 57 heavy (non-hydrogen) atoms. The Morgan fingerprint density at radius 2 is 0.667 bits per heavy atom. The molecule has 11 rings (SSSR count). The van der Waals surface area contributed by atoms with Gasteiger partial charge in [0.1, 0.15) is 22.3 Å². The van der Waals surface area contributed by atoms with Crippen molar-refractivity contribution in [1.29, 1.82) is 0 Å². The Kier molecular flexibility index (Phi) is 7.82. The Morgan fingerprint density at radius 3 is 1.26 bits per heavy atom. The van der Waals surface area contributed by atoms with Crippen molar-refractivity contribution in [3.63, 3.8) is 0 Å². The molecule has 0 aliphatic heterocycles. The normalized spacial score (nSPS) is 11.5. The summed E-state index contributed by atoms with van der Waals surface area (Å²) in [7, 11) is 0. The number of para-hydroxylation sites is 3. The largest absolute Gasteiger partial charge is 0.455 e. The number of benzene rings is 9. The molecule has 0 aliphatic rings. The molecular weight excluding hydrogens is 695 g/mol. The summed E-state index contributed by atoms with van der Waals surface area (Å²) in [6.07, 6.45) is 0. The molecule has 3 nitrogen and oxygen atoms in total. The molecule has 2 aromatic heterocycles. The predicted molar refractivity (Wildman–Crippen MR) is 237 cm³/mol. The zero-order chi connectivity index (χ0) is 37.7. The smallest absolute Gasteiger partial charge is 0.143 e. The van der Waals surface area contributed by atoms with Crippen LogP contribution < -0.4 is 4.90 Å². The van der Waals surface area contributed by atoms with E-state index in [9.17, 15) is 0 Å². The fraction of sp³-hybridized carbons (Fsp3) is 0. The van der Waals surface area contributed by atoms with Crippen molar-refractivity contribution in [2.24, 2.45) is 0 Å². The van der Waals surface area contributed by atoms with E-state index in [1.807, 2.05) is 18.2 Å². The van der Waals surface area contributed by atoms with E-state index in [0.717, 1.165) is 94.3 Å². The fourth-order valence-electron chi connectivity index (χ4n) is 8.27. The van der Waals surface area contributed by atoms with Crippen LogP contribution in [0, 0.1) is 0 Å². The van der Waals surface area contributed by atoms with Gasteiger partial charge in [0.25, 0.3) is 0 Å². The highest BCUT2D eigenvalue weighted by atomic mass is 16.3. The maximum Gasteiger partial charge on any atom is 0.143 e. The van der Waals surface area contributed by atoms with E-state index in [4.69, 9.17) is 8.83 Å². The van der Waals surface area contributed by atoms with Crippen LogP contribution >= 0.6 is 0 Å². The van der Waals surface area contributed by atoms with Gasteiger partial charge in [0.2, 0.25) is 0 Å². The van der Waals surface area contributed by atoms with Gasteiger partial charge in [-0.25, -0.2) is 0 Å². The average Bonchev–Trinajstić information content (AvgIpc) is 3.86. The van der Waals surface area contributed by atoms with Crippen molar-refractivity contribution >= 4 is 60.9 Å². The maximum atomic E-state index is 6.47. The second-order valence-corrected chi connectivity index (χ2v) is 14.5. The molecular formula is C54H35NO2. The average molecular weight is 730 g/mol. The monoisotopic (exact) mass is 729 g/mol. The lowest BCUT2D eigenvalue weighted by Crippen LogP contribution is -2.09. The highest BCUT2D eigenvalue weighted by Gasteiger charge is 2.17. The summed E-state index contributed by atoms with van der Waals surface area (Å²) in [6, 6.07) is 75.0. The molecule has 0 spiro atoms. The van der Waals surface area contributed by atoms with Crippen molar-refractivity contribution in [2.75, 3.05) is 4.90 Å². The number of hydrogen-bond donors (Lipinski definition) is 0. The molecule has 0 atom stereocenters. The number of hydrogen-bond acceptors (Lipinski definition) is 3. The molecule has 0 N–H and O–H groups in total. The standard InChI is InChI=1S/C54H35NO2/c1-3-11-36(12-4-1)37-21-28-42(29-22-37)55(44-32-25-40(26-33-44)46-17-9-18-48-47-15-7-8-20-51(47)56-53(46)48)43-30-23-38(24-31-43)41-27-34-52-50(35-41)49-19-10-16-45(54(49)57-52)39-13-5-2-6-14-39/h1-35H. The molecule has 268 valence electrons. The number of rotatable bonds is 7. The molecule has 0 aliphatic carbocycles. The van der Waals surface area contributed by atoms with Crippen molar-refractivity contribution in [3.05, 3.63) is 212 Å². The molecule has 0 bridgehead atoms. The first kappa shape index (κ1) is 32.8. The summed E-state index contributed by atoms with van der Waals surface area (Å²) in [5.41, 5.74) is 15.9. The zero-order valence-electron chi connectivity index (χ0n) is 31.0. The molecule has 9 aromatic carbocycles. The highest BCUT2D eigenvalue weighted by molar-refractivity contribution is 6.11. The van der Waals surface area contributed by atoms with Crippen LogP contribution in [0.15, 0.2) is 221 Å². The molecule has 0 unspecified atom stereocenters. The van der Waals surface area contributed by atoms with Gasteiger partial charge in [-0.3, -0.25) is 0 Å². The summed E-state index contributed by atoms with van der Waals surface area (Å²) < 4.78 is 12.9. The van der Waals surface area contributed by atoms with Gasteiger partial charge in [0.05, 0.1) is 0 Å². The first-order chi connectivity index (χ1) is 28.2. The Morgan fingerprint density at radius 1 is 0.263 bits per heavy atom. The Balaban J connectivity index is 0.969. The van der Waals surface area contributed by atoms with Gasteiger partial charge in [-0.1, -0.05) is 158 Å². The van der Waals surface area contributed by atoms with Crippen molar-refractivity contribution < 1.29 is 8.83 Å². The van der Waals surface area contributed by atoms with E-state index in [2.05, 4.69) is 199 Å². The van der Waals surface area contributed by atoms with Crippen LogP contribution in [0.1, 0.15) is 0 Å². The number of anilines is 3. The molecule has 3 heteroatoms. The van der Waals surface area contributed by atoms with E-state index in [1.54, 1.807) is 0 Å². The lowest BCUT2D eigenvalue weighted by Gasteiger charge is -2.26. The second-order valence-electron chi connectivity index (χ2n) is 14.5. The third kappa shape index (κ3) is 5.76.